The van der Waals surface area contributed by atoms with Gasteiger partial charge in [0.1, 0.15) is 5.75 Å². The lowest BCUT2D eigenvalue weighted by atomic mass is 10.00. The van der Waals surface area contributed by atoms with Gasteiger partial charge in [0, 0.05) is 42.7 Å². The fourth-order valence-electron chi connectivity index (χ4n) is 3.89. The molecule has 0 aliphatic carbocycles. The largest absolute Gasteiger partial charge is 0.507 e. The zero-order chi connectivity index (χ0) is 24.1. The molecule has 0 saturated carbocycles. The highest BCUT2D eigenvalue weighted by Crippen LogP contribution is 2.38. The molecular weight excluding hydrogens is 457 g/mol. The molecule has 0 spiro atoms. The first-order valence-corrected chi connectivity index (χ1v) is 11.7. The number of rotatable bonds is 4. The minimum Gasteiger partial charge on any atom is -0.507 e. The number of nitrogens with zero attached hydrogens (tertiary/aromatic N) is 6. The molecule has 1 aliphatic heterocycles. The quantitative estimate of drug-likeness (QED) is 0.614. The average molecular weight is 483 g/mol. The summed E-state index contributed by atoms with van der Waals surface area (Å²) >= 11 is 0. The van der Waals surface area contributed by atoms with E-state index in [0.717, 1.165) is 6.07 Å². The van der Waals surface area contributed by atoms with Crippen molar-refractivity contribution in [2.24, 2.45) is 0 Å². The van der Waals surface area contributed by atoms with Crippen molar-refractivity contribution in [2.45, 2.75) is 39.1 Å². The number of hydrogen-bond acceptors (Lipinski definition) is 6. The van der Waals surface area contributed by atoms with Crippen LogP contribution < -0.4 is 4.90 Å². The second kappa shape index (κ2) is 8.56. The lowest BCUT2D eigenvalue weighted by molar-refractivity contribution is -0.137. The zero-order valence-electron chi connectivity index (χ0n) is 18.7. The Morgan fingerprint density at radius 1 is 1.06 bits per heavy atom. The summed E-state index contributed by atoms with van der Waals surface area (Å²) in [6, 6.07) is 3.36. The molecule has 0 amide bonds. The number of anilines is 1. The number of phenolic OH excluding ortho intramolecular Hbond substituents is 1. The maximum absolute atomic E-state index is 13.1. The number of phenols is 1. The van der Waals surface area contributed by atoms with Crippen molar-refractivity contribution in [1.29, 1.82) is 0 Å². The number of alkyl halides is 3. The van der Waals surface area contributed by atoms with Gasteiger partial charge in [0.15, 0.2) is 0 Å². The van der Waals surface area contributed by atoms with E-state index >= 15 is 0 Å². The van der Waals surface area contributed by atoms with Gasteiger partial charge in [-0.15, -0.1) is 5.10 Å². The number of halogens is 3. The molecule has 0 bridgehead atoms. The maximum Gasteiger partial charge on any atom is 0.416 e. The van der Waals surface area contributed by atoms with E-state index in [1.54, 1.807) is 17.5 Å². The molecule has 0 radical (unpaired) electrons. The van der Waals surface area contributed by atoms with E-state index < -0.39 is 28.5 Å². The summed E-state index contributed by atoms with van der Waals surface area (Å²) < 4.78 is 55.0. The zero-order valence-corrected chi connectivity index (χ0v) is 19.5. The van der Waals surface area contributed by atoms with Gasteiger partial charge in [0.05, 0.1) is 22.2 Å². The van der Waals surface area contributed by atoms with Gasteiger partial charge in [0.2, 0.25) is 5.95 Å². The molecule has 1 N–H and O–H groups in total. The van der Waals surface area contributed by atoms with Crippen molar-refractivity contribution in [1.82, 2.24) is 23.9 Å². The van der Waals surface area contributed by atoms with Gasteiger partial charge in [-0.1, -0.05) is 0 Å². The topological polar surface area (TPSA) is 86.9 Å². The molecule has 2 aromatic heterocycles. The summed E-state index contributed by atoms with van der Waals surface area (Å²) in [5, 5.41) is 14.9. The first-order valence-electron chi connectivity index (χ1n) is 10.5. The monoisotopic (exact) mass is 482 g/mol. The number of aromatic hydroxyl groups is 1. The van der Waals surface area contributed by atoms with Crippen LogP contribution in [0.2, 0.25) is 0 Å². The van der Waals surface area contributed by atoms with Gasteiger partial charge < -0.3 is 10.0 Å². The van der Waals surface area contributed by atoms with Crippen molar-refractivity contribution in [2.75, 3.05) is 31.1 Å². The molecule has 1 fully saturated rings. The van der Waals surface area contributed by atoms with Crippen LogP contribution in [0.15, 0.2) is 18.2 Å². The van der Waals surface area contributed by atoms with Crippen molar-refractivity contribution in [3.05, 3.63) is 35.0 Å². The third-order valence-electron chi connectivity index (χ3n) is 5.56. The van der Waals surface area contributed by atoms with E-state index in [-0.39, 0.29) is 22.2 Å². The fraction of sp³-hybridized carbons (Fsp3) is 0.476. The van der Waals surface area contributed by atoms with Gasteiger partial charge in [-0.3, -0.25) is 0 Å². The van der Waals surface area contributed by atoms with Crippen molar-refractivity contribution < 1.29 is 22.5 Å². The van der Waals surface area contributed by atoms with Crippen molar-refractivity contribution in [3.63, 3.8) is 0 Å². The first kappa shape index (κ1) is 23.4. The molecule has 1 atom stereocenters. The molecule has 178 valence electrons. The maximum atomic E-state index is 13.1. The molecule has 8 nitrogen and oxygen atoms in total. The van der Waals surface area contributed by atoms with E-state index in [2.05, 4.69) is 15.1 Å². The van der Waals surface area contributed by atoms with Crippen LogP contribution in [0.1, 0.15) is 30.7 Å². The van der Waals surface area contributed by atoms with E-state index in [9.17, 15) is 22.5 Å². The molecule has 4 rings (SSSR count). The number of aromatic nitrogens is 4. The summed E-state index contributed by atoms with van der Waals surface area (Å²) in [5.74, 6) is 0.269. The highest BCUT2D eigenvalue weighted by molar-refractivity contribution is 7.83. The molecular formula is C21H25F3N6O2S. The Balaban J connectivity index is 1.64. The fourth-order valence-corrected chi connectivity index (χ4v) is 5.01. The first-order chi connectivity index (χ1) is 15.5. The number of hydrogen-bond donors (Lipinski definition) is 1. The number of fused-ring (bicyclic) bond motifs is 1. The standard InChI is InChI=1S/C21H25F3N6O2S/c1-12(2)33(32)29-7-5-28(6-8-29)20-26-19-25-16(10-14(4)30(19)27-20)18-13(3)9-15(11-17(18)31)21(22,23)24/h9-12,31H,5-8H2,1-4H3. The predicted molar refractivity (Wildman–Crippen MR) is 119 cm³/mol. The Hall–Kier alpha value is -2.73. The van der Waals surface area contributed by atoms with Crippen LogP contribution in [0.25, 0.3) is 17.0 Å². The molecule has 12 heteroatoms. The molecule has 1 aromatic carbocycles. The summed E-state index contributed by atoms with van der Waals surface area (Å²) in [6.45, 7) is 9.61. The number of piperazine rings is 1. The minimum atomic E-state index is -4.55. The Labute approximate surface area is 191 Å². The second-order valence-corrected chi connectivity index (χ2v) is 10.3. The van der Waals surface area contributed by atoms with E-state index in [1.165, 1.54) is 6.92 Å². The molecule has 1 aliphatic rings. The summed E-state index contributed by atoms with van der Waals surface area (Å²) in [4.78, 5) is 11.0. The number of aryl methyl sites for hydroxylation is 2. The lowest BCUT2D eigenvalue weighted by Crippen LogP contribution is -2.48. The van der Waals surface area contributed by atoms with Crippen molar-refractivity contribution >= 4 is 22.7 Å². The van der Waals surface area contributed by atoms with Crippen molar-refractivity contribution in [3.8, 4) is 17.0 Å². The second-order valence-electron chi connectivity index (χ2n) is 8.33. The third kappa shape index (κ3) is 4.54. The van der Waals surface area contributed by atoms with E-state index in [4.69, 9.17) is 0 Å². The lowest BCUT2D eigenvalue weighted by Gasteiger charge is -2.33. The van der Waals surface area contributed by atoms with Crippen LogP contribution >= 0.6 is 0 Å². The normalized spacial score (nSPS) is 16.7. The minimum absolute atomic E-state index is 0.0557. The smallest absolute Gasteiger partial charge is 0.416 e. The Morgan fingerprint density at radius 2 is 1.73 bits per heavy atom. The predicted octanol–water partition coefficient (Wildman–Crippen LogP) is 3.33. The Bertz CT molecular complexity index is 1200. The highest BCUT2D eigenvalue weighted by Gasteiger charge is 2.32. The Kier molecular flexibility index (Phi) is 6.08. The molecule has 3 heterocycles. The molecule has 33 heavy (non-hydrogen) atoms. The highest BCUT2D eigenvalue weighted by atomic mass is 32.2. The number of benzene rings is 1. The summed E-state index contributed by atoms with van der Waals surface area (Å²) in [6.07, 6.45) is -4.55. The summed E-state index contributed by atoms with van der Waals surface area (Å²) in [5.41, 5.74) is 0.559. The van der Waals surface area contributed by atoms with Crippen LogP contribution in [-0.2, 0) is 17.2 Å². The third-order valence-corrected chi connectivity index (χ3v) is 7.24. The van der Waals surface area contributed by atoms with Gasteiger partial charge in [-0.2, -0.15) is 22.7 Å². The van der Waals surface area contributed by atoms with Crippen LogP contribution in [0.4, 0.5) is 19.1 Å². The van der Waals surface area contributed by atoms with Crippen LogP contribution in [0.5, 0.6) is 5.75 Å². The molecule has 1 unspecified atom stereocenters. The Morgan fingerprint density at radius 3 is 2.30 bits per heavy atom. The molecule has 1 saturated heterocycles. The van der Waals surface area contributed by atoms with E-state index in [0.29, 0.717) is 49.6 Å². The summed E-state index contributed by atoms with van der Waals surface area (Å²) in [7, 11) is -1.03. The van der Waals surface area contributed by atoms with Crippen LogP contribution in [0, 0.1) is 13.8 Å². The van der Waals surface area contributed by atoms with Gasteiger partial charge in [-0.25, -0.2) is 13.5 Å². The SMILES string of the molecule is Cc1cc(C(F)(F)F)cc(O)c1-c1cc(C)n2nc(N3CCN(S(=O)C(C)C)CC3)nc2n1. The van der Waals surface area contributed by atoms with Gasteiger partial charge in [0.25, 0.3) is 5.78 Å². The van der Waals surface area contributed by atoms with Crippen LogP contribution in [0.3, 0.4) is 0 Å². The van der Waals surface area contributed by atoms with E-state index in [1.807, 2.05) is 23.1 Å². The van der Waals surface area contributed by atoms with Gasteiger partial charge >= 0.3 is 6.18 Å². The van der Waals surface area contributed by atoms with Gasteiger partial charge in [-0.05, 0) is 51.5 Å². The average Bonchev–Trinajstić information content (AvgIpc) is 3.17. The molecule has 3 aromatic rings. The van der Waals surface area contributed by atoms with Crippen LogP contribution in [-0.4, -0.2) is 64.6 Å².